The van der Waals surface area contributed by atoms with E-state index >= 15 is 0 Å². The molecule has 0 spiro atoms. The van der Waals surface area contributed by atoms with E-state index in [0.29, 0.717) is 5.69 Å². The Labute approximate surface area is 153 Å². The van der Waals surface area contributed by atoms with Gasteiger partial charge < -0.3 is 10.6 Å². The Kier molecular flexibility index (Phi) is 5.16. The van der Waals surface area contributed by atoms with Gasteiger partial charge in [-0.3, -0.25) is 0 Å². The molecule has 134 valence electrons. The summed E-state index contributed by atoms with van der Waals surface area (Å²) < 4.78 is 0. The quantitative estimate of drug-likeness (QED) is 0.718. The van der Waals surface area contributed by atoms with Crippen molar-refractivity contribution in [3.05, 3.63) is 65.0 Å². The third-order valence-corrected chi connectivity index (χ3v) is 4.57. The van der Waals surface area contributed by atoms with Crippen molar-refractivity contribution in [3.8, 4) is 0 Å². The standard InChI is InChI=1S/C21H24N4O/c1-5-16-6-8-17(9-7-16)15(4)24-21(26)25-18-10-11-19-20(12-18)23-14(3)13(2)22-19/h6-12,15H,5H2,1-4H3,(H2,24,25,26). The van der Waals surface area contributed by atoms with Gasteiger partial charge in [0.15, 0.2) is 0 Å². The predicted molar refractivity (Wildman–Crippen MR) is 105 cm³/mol. The van der Waals surface area contributed by atoms with Gasteiger partial charge in [0.2, 0.25) is 0 Å². The summed E-state index contributed by atoms with van der Waals surface area (Å²) in [6, 6.07) is 13.5. The van der Waals surface area contributed by atoms with Crippen LogP contribution in [-0.2, 0) is 6.42 Å². The lowest BCUT2D eigenvalue weighted by Gasteiger charge is -2.15. The number of fused-ring (bicyclic) bond motifs is 1. The van der Waals surface area contributed by atoms with E-state index in [4.69, 9.17) is 0 Å². The van der Waals surface area contributed by atoms with E-state index in [2.05, 4.69) is 51.8 Å². The summed E-state index contributed by atoms with van der Waals surface area (Å²) >= 11 is 0. The fourth-order valence-corrected chi connectivity index (χ4v) is 2.80. The number of benzene rings is 2. The molecule has 2 amide bonds. The number of hydrogen-bond acceptors (Lipinski definition) is 3. The highest BCUT2D eigenvalue weighted by Gasteiger charge is 2.10. The van der Waals surface area contributed by atoms with Crippen molar-refractivity contribution in [2.24, 2.45) is 0 Å². The van der Waals surface area contributed by atoms with Crippen molar-refractivity contribution in [2.45, 2.75) is 40.2 Å². The number of carbonyl (C=O) groups is 1. The molecule has 0 radical (unpaired) electrons. The van der Waals surface area contributed by atoms with E-state index in [1.807, 2.05) is 39.0 Å². The van der Waals surface area contributed by atoms with E-state index in [1.165, 1.54) is 5.56 Å². The molecular weight excluding hydrogens is 324 g/mol. The van der Waals surface area contributed by atoms with Gasteiger partial charge in [-0.2, -0.15) is 0 Å². The molecule has 26 heavy (non-hydrogen) atoms. The summed E-state index contributed by atoms with van der Waals surface area (Å²) in [6.45, 7) is 7.97. The first kappa shape index (κ1) is 17.9. The summed E-state index contributed by atoms with van der Waals surface area (Å²) in [6.07, 6.45) is 1.01. The SMILES string of the molecule is CCc1ccc(C(C)NC(=O)Nc2ccc3nc(C)c(C)nc3c2)cc1. The minimum absolute atomic E-state index is 0.0777. The van der Waals surface area contributed by atoms with Crippen LogP contribution in [0.3, 0.4) is 0 Å². The number of amides is 2. The molecule has 5 nitrogen and oxygen atoms in total. The molecule has 3 aromatic rings. The summed E-state index contributed by atoms with van der Waals surface area (Å²) in [5.41, 5.74) is 6.46. The Morgan fingerprint density at radius 2 is 1.65 bits per heavy atom. The Bertz CT molecular complexity index is 935. The molecule has 0 aliphatic heterocycles. The molecule has 5 heteroatoms. The second-order valence-electron chi connectivity index (χ2n) is 6.51. The van der Waals surface area contributed by atoms with E-state index < -0.39 is 0 Å². The Morgan fingerprint density at radius 3 is 2.31 bits per heavy atom. The van der Waals surface area contributed by atoms with Crippen molar-refractivity contribution in [3.63, 3.8) is 0 Å². The smallest absolute Gasteiger partial charge is 0.319 e. The minimum atomic E-state index is -0.242. The number of aryl methyl sites for hydroxylation is 3. The Morgan fingerprint density at radius 1 is 1.00 bits per heavy atom. The molecular formula is C21H24N4O. The Balaban J connectivity index is 1.68. The average molecular weight is 348 g/mol. The fraction of sp³-hybridized carbons (Fsp3) is 0.286. The first-order valence-corrected chi connectivity index (χ1v) is 8.87. The lowest BCUT2D eigenvalue weighted by molar-refractivity contribution is 0.249. The van der Waals surface area contributed by atoms with Crippen LogP contribution in [0.25, 0.3) is 11.0 Å². The van der Waals surface area contributed by atoms with Gasteiger partial charge in [0.25, 0.3) is 0 Å². The van der Waals surface area contributed by atoms with Crippen molar-refractivity contribution >= 4 is 22.8 Å². The predicted octanol–water partition coefficient (Wildman–Crippen LogP) is 4.69. The first-order valence-electron chi connectivity index (χ1n) is 8.87. The van der Waals surface area contributed by atoms with E-state index in [1.54, 1.807) is 0 Å². The lowest BCUT2D eigenvalue weighted by Crippen LogP contribution is -2.31. The average Bonchev–Trinajstić information content (AvgIpc) is 2.63. The molecule has 0 saturated carbocycles. The van der Waals surface area contributed by atoms with Crippen LogP contribution in [0.2, 0.25) is 0 Å². The number of carbonyl (C=O) groups excluding carboxylic acids is 1. The third-order valence-electron chi connectivity index (χ3n) is 4.57. The van der Waals surface area contributed by atoms with Crippen LogP contribution in [-0.4, -0.2) is 16.0 Å². The fourth-order valence-electron chi connectivity index (χ4n) is 2.80. The third kappa shape index (κ3) is 3.99. The number of nitrogens with zero attached hydrogens (tertiary/aromatic N) is 2. The molecule has 0 aliphatic rings. The van der Waals surface area contributed by atoms with Crippen molar-refractivity contribution < 1.29 is 4.79 Å². The summed E-state index contributed by atoms with van der Waals surface area (Å²) in [7, 11) is 0. The molecule has 1 heterocycles. The van der Waals surface area contributed by atoms with Gasteiger partial charge in [-0.05, 0) is 56.5 Å². The molecule has 3 rings (SSSR count). The number of urea groups is 1. The number of nitrogens with one attached hydrogen (secondary N) is 2. The molecule has 1 atom stereocenters. The zero-order valence-corrected chi connectivity index (χ0v) is 15.6. The van der Waals surface area contributed by atoms with Crippen molar-refractivity contribution in [2.75, 3.05) is 5.32 Å². The number of aromatic nitrogens is 2. The van der Waals surface area contributed by atoms with Crippen molar-refractivity contribution in [1.82, 2.24) is 15.3 Å². The summed E-state index contributed by atoms with van der Waals surface area (Å²) in [5.74, 6) is 0. The number of rotatable bonds is 4. The maximum atomic E-state index is 12.3. The first-order chi connectivity index (χ1) is 12.5. The molecule has 1 unspecified atom stereocenters. The molecule has 2 N–H and O–H groups in total. The highest BCUT2D eigenvalue weighted by molar-refractivity contribution is 5.92. The summed E-state index contributed by atoms with van der Waals surface area (Å²) in [5, 5.41) is 5.84. The van der Waals surface area contributed by atoms with Gasteiger partial charge >= 0.3 is 6.03 Å². The molecule has 0 saturated heterocycles. The molecule has 0 fully saturated rings. The van der Waals surface area contributed by atoms with Crippen molar-refractivity contribution in [1.29, 1.82) is 0 Å². The molecule has 1 aromatic heterocycles. The second-order valence-corrected chi connectivity index (χ2v) is 6.51. The lowest BCUT2D eigenvalue weighted by atomic mass is 10.1. The normalized spacial score (nSPS) is 12.0. The number of hydrogen-bond donors (Lipinski definition) is 2. The van der Waals surface area contributed by atoms with Gasteiger partial charge in [0, 0.05) is 5.69 Å². The van der Waals surface area contributed by atoms with Crippen LogP contribution in [0.1, 0.15) is 42.4 Å². The molecule has 0 bridgehead atoms. The maximum absolute atomic E-state index is 12.3. The van der Waals surface area contributed by atoms with Crippen LogP contribution < -0.4 is 10.6 Å². The Hall–Kier alpha value is -2.95. The van der Waals surface area contributed by atoms with Crippen LogP contribution in [0.5, 0.6) is 0 Å². The van der Waals surface area contributed by atoms with E-state index in [-0.39, 0.29) is 12.1 Å². The maximum Gasteiger partial charge on any atom is 0.319 e. The van der Waals surface area contributed by atoms with Gasteiger partial charge in [0.05, 0.1) is 28.5 Å². The highest BCUT2D eigenvalue weighted by atomic mass is 16.2. The van der Waals surface area contributed by atoms with Crippen LogP contribution in [0, 0.1) is 13.8 Å². The van der Waals surface area contributed by atoms with Crippen LogP contribution in [0.4, 0.5) is 10.5 Å². The minimum Gasteiger partial charge on any atom is -0.331 e. The second kappa shape index (κ2) is 7.52. The van der Waals surface area contributed by atoms with Crippen LogP contribution in [0.15, 0.2) is 42.5 Å². The topological polar surface area (TPSA) is 66.9 Å². The van der Waals surface area contributed by atoms with E-state index in [9.17, 15) is 4.79 Å². The van der Waals surface area contributed by atoms with E-state index in [0.717, 1.165) is 34.4 Å². The summed E-state index contributed by atoms with van der Waals surface area (Å²) in [4.78, 5) is 21.4. The van der Waals surface area contributed by atoms with Gasteiger partial charge in [-0.15, -0.1) is 0 Å². The molecule has 0 aliphatic carbocycles. The van der Waals surface area contributed by atoms with Gasteiger partial charge in [0.1, 0.15) is 0 Å². The van der Waals surface area contributed by atoms with Crippen LogP contribution >= 0.6 is 0 Å². The zero-order valence-electron chi connectivity index (χ0n) is 15.6. The number of anilines is 1. The van der Waals surface area contributed by atoms with Gasteiger partial charge in [-0.25, -0.2) is 14.8 Å². The monoisotopic (exact) mass is 348 g/mol. The van der Waals surface area contributed by atoms with Gasteiger partial charge in [-0.1, -0.05) is 31.2 Å². The zero-order chi connectivity index (χ0) is 18.7. The largest absolute Gasteiger partial charge is 0.331 e. The molecule has 2 aromatic carbocycles. The highest BCUT2D eigenvalue weighted by Crippen LogP contribution is 2.18.